The number of anilines is 4. The summed E-state index contributed by atoms with van der Waals surface area (Å²) in [5.41, 5.74) is 7.72. The van der Waals surface area contributed by atoms with Crippen LogP contribution in [-0.4, -0.2) is 69.8 Å². The van der Waals surface area contributed by atoms with Gasteiger partial charge in [0, 0.05) is 56.0 Å². The number of allylic oxidation sites excluding steroid dienone is 2. The summed E-state index contributed by atoms with van der Waals surface area (Å²) in [4.78, 5) is 18.1. The van der Waals surface area contributed by atoms with Crippen molar-refractivity contribution in [3.63, 3.8) is 0 Å². The summed E-state index contributed by atoms with van der Waals surface area (Å²) in [6.07, 6.45) is 6.96. The fourth-order valence-corrected chi connectivity index (χ4v) is 3.98. The van der Waals surface area contributed by atoms with Gasteiger partial charge in [0.05, 0.1) is 18.6 Å². The number of nitrogens with zero attached hydrogens (tertiary/aromatic N) is 7. The Morgan fingerprint density at radius 1 is 1.22 bits per heavy atom. The smallest absolute Gasteiger partial charge is 0.227 e. The molecule has 1 saturated heterocycles. The van der Waals surface area contributed by atoms with Crippen molar-refractivity contribution in [1.29, 1.82) is 0 Å². The predicted molar refractivity (Wildman–Crippen MR) is 140 cm³/mol. The summed E-state index contributed by atoms with van der Waals surface area (Å²) in [5, 5.41) is 18.2. The predicted octanol–water partition coefficient (Wildman–Crippen LogP) is 2.69. The van der Waals surface area contributed by atoms with Gasteiger partial charge in [-0.25, -0.2) is 4.99 Å². The third kappa shape index (κ3) is 5.71. The van der Waals surface area contributed by atoms with Crippen LogP contribution in [0.3, 0.4) is 0 Å². The zero-order valence-corrected chi connectivity index (χ0v) is 20.3. The Bertz CT molecular complexity index is 1250. The van der Waals surface area contributed by atoms with Gasteiger partial charge >= 0.3 is 0 Å². The molecule has 12 nitrogen and oxygen atoms in total. The lowest BCUT2D eigenvalue weighted by molar-refractivity contribution is 0.312. The molecule has 4 heterocycles. The highest BCUT2D eigenvalue weighted by molar-refractivity contribution is 5.71. The molecular formula is C24H31N11O. The van der Waals surface area contributed by atoms with Crippen molar-refractivity contribution in [2.45, 2.75) is 25.3 Å². The van der Waals surface area contributed by atoms with E-state index in [9.17, 15) is 0 Å². The van der Waals surface area contributed by atoms with Gasteiger partial charge in [0.25, 0.3) is 0 Å². The molecule has 0 amide bonds. The van der Waals surface area contributed by atoms with Crippen molar-refractivity contribution in [1.82, 2.24) is 30.2 Å². The highest BCUT2D eigenvalue weighted by atomic mass is 16.5. The highest BCUT2D eigenvalue weighted by Crippen LogP contribution is 2.39. The van der Waals surface area contributed by atoms with E-state index in [1.807, 2.05) is 6.07 Å². The van der Waals surface area contributed by atoms with E-state index >= 15 is 0 Å². The second kappa shape index (κ2) is 10.6. The van der Waals surface area contributed by atoms with Gasteiger partial charge in [0.15, 0.2) is 11.6 Å². The number of aromatic amines is 1. The number of piperazine rings is 1. The highest BCUT2D eigenvalue weighted by Gasteiger charge is 2.25. The van der Waals surface area contributed by atoms with Crippen LogP contribution < -0.4 is 21.3 Å². The Hall–Kier alpha value is -4.19. The van der Waals surface area contributed by atoms with Gasteiger partial charge < -0.3 is 30.7 Å². The number of aliphatic imine (C=N–C) groups is 1. The van der Waals surface area contributed by atoms with Crippen LogP contribution in [0.25, 0.3) is 5.70 Å². The van der Waals surface area contributed by atoms with Gasteiger partial charge in [-0.3, -0.25) is 5.10 Å². The first kappa shape index (κ1) is 23.5. The van der Waals surface area contributed by atoms with Crippen molar-refractivity contribution in [2.75, 3.05) is 48.8 Å². The van der Waals surface area contributed by atoms with Gasteiger partial charge in [-0.2, -0.15) is 15.1 Å². The Labute approximate surface area is 209 Å². The normalized spacial score (nSPS) is 17.0. The number of nitrogens with one attached hydrogen (secondary N) is 3. The van der Waals surface area contributed by atoms with Crippen LogP contribution in [0, 0.1) is 0 Å². The molecule has 2 aliphatic rings. The van der Waals surface area contributed by atoms with Gasteiger partial charge in [0.2, 0.25) is 5.95 Å². The van der Waals surface area contributed by atoms with Gasteiger partial charge in [-0.1, -0.05) is 17.8 Å². The van der Waals surface area contributed by atoms with Crippen molar-refractivity contribution in [2.24, 2.45) is 10.7 Å². The van der Waals surface area contributed by atoms with E-state index in [4.69, 9.17) is 15.2 Å². The molecule has 36 heavy (non-hydrogen) atoms. The molecule has 0 atom stereocenters. The summed E-state index contributed by atoms with van der Waals surface area (Å²) >= 11 is 0. The monoisotopic (exact) mass is 489 g/mol. The number of likely N-dealkylation sites (N-methyl/N-ethyl adjacent to an activating group) is 1. The number of hydrogen-bond donors (Lipinski definition) is 4. The molecule has 0 bridgehead atoms. The molecule has 5 rings (SSSR count). The van der Waals surface area contributed by atoms with E-state index in [2.05, 4.69) is 65.5 Å². The van der Waals surface area contributed by atoms with Crippen LogP contribution in [0.15, 0.2) is 46.4 Å². The molecule has 1 saturated carbocycles. The maximum atomic E-state index is 5.47. The van der Waals surface area contributed by atoms with Crippen LogP contribution in [0.2, 0.25) is 0 Å². The van der Waals surface area contributed by atoms with Crippen molar-refractivity contribution in [3.05, 3.63) is 54.1 Å². The largest absolute Gasteiger partial charge is 0.390 e. The lowest BCUT2D eigenvalue weighted by Gasteiger charge is -2.33. The average molecular weight is 490 g/mol. The number of aromatic nitrogens is 5. The van der Waals surface area contributed by atoms with Crippen LogP contribution >= 0.6 is 0 Å². The molecule has 2 fully saturated rings. The molecule has 12 heteroatoms. The standard InChI is InChI=1S/C24H31N11O/c1-3-4-18(27-15-25)20-11-17(36-33-20)14-26-24-29-21(28-22-12-19(31-32-22)16-5-6-16)13-23(30-24)35-9-7-34(2)8-10-35/h3-4,11-13,15-16H,1,5-10,14H2,2H3,(H2,25,27)(H3,26,28,29,30,31,32)/b18-4-. The Morgan fingerprint density at radius 3 is 2.81 bits per heavy atom. The zero-order chi connectivity index (χ0) is 24.9. The average Bonchev–Trinajstić information content (AvgIpc) is 3.44. The van der Waals surface area contributed by atoms with Crippen LogP contribution in [0.5, 0.6) is 0 Å². The maximum absolute atomic E-state index is 5.47. The fourth-order valence-electron chi connectivity index (χ4n) is 3.98. The summed E-state index contributed by atoms with van der Waals surface area (Å²) < 4.78 is 5.47. The number of nitrogens with two attached hydrogens (primary N) is 1. The van der Waals surface area contributed by atoms with Crippen molar-refractivity contribution >= 4 is 35.4 Å². The molecule has 5 N–H and O–H groups in total. The molecule has 0 spiro atoms. The fraction of sp³-hybridized carbons (Fsp3) is 0.375. The molecule has 1 aliphatic carbocycles. The number of H-pyrrole nitrogens is 1. The maximum Gasteiger partial charge on any atom is 0.227 e. The molecule has 1 aliphatic heterocycles. The van der Waals surface area contributed by atoms with E-state index < -0.39 is 0 Å². The summed E-state index contributed by atoms with van der Waals surface area (Å²) in [7, 11) is 2.13. The minimum Gasteiger partial charge on any atom is -0.390 e. The molecule has 3 aromatic rings. The van der Waals surface area contributed by atoms with Gasteiger partial charge in [-0.15, -0.1) is 0 Å². The van der Waals surface area contributed by atoms with Gasteiger partial charge in [0.1, 0.15) is 17.3 Å². The summed E-state index contributed by atoms with van der Waals surface area (Å²) in [6, 6.07) is 5.81. The number of rotatable bonds is 10. The summed E-state index contributed by atoms with van der Waals surface area (Å²) in [5.74, 6) is 3.95. The lowest BCUT2D eigenvalue weighted by atomic mass is 10.2. The minimum atomic E-state index is 0.348. The molecule has 188 valence electrons. The molecule has 0 radical (unpaired) electrons. The van der Waals surface area contributed by atoms with Crippen LogP contribution in [0.1, 0.15) is 35.9 Å². The number of hydrogen-bond acceptors (Lipinski definition) is 10. The quantitative estimate of drug-likeness (QED) is 0.190. The minimum absolute atomic E-state index is 0.348. The van der Waals surface area contributed by atoms with Crippen molar-refractivity contribution in [3.8, 4) is 0 Å². The third-order valence-electron chi connectivity index (χ3n) is 6.14. The zero-order valence-electron chi connectivity index (χ0n) is 20.3. The Morgan fingerprint density at radius 2 is 2.06 bits per heavy atom. The van der Waals surface area contributed by atoms with E-state index in [0.717, 1.165) is 43.5 Å². The van der Waals surface area contributed by atoms with Crippen LogP contribution in [-0.2, 0) is 6.54 Å². The van der Waals surface area contributed by atoms with Crippen molar-refractivity contribution < 1.29 is 4.52 Å². The lowest BCUT2D eigenvalue weighted by Crippen LogP contribution is -2.44. The Balaban J connectivity index is 1.34. The second-order valence-electron chi connectivity index (χ2n) is 8.93. The molecular weight excluding hydrogens is 458 g/mol. The van der Waals surface area contributed by atoms with Crippen LogP contribution in [0.4, 0.5) is 23.4 Å². The van der Waals surface area contributed by atoms with E-state index in [1.165, 1.54) is 19.2 Å². The second-order valence-corrected chi connectivity index (χ2v) is 8.93. The third-order valence-corrected chi connectivity index (χ3v) is 6.14. The topological polar surface area (TPSA) is 149 Å². The Kier molecular flexibility index (Phi) is 6.94. The molecule has 3 aromatic heterocycles. The summed E-state index contributed by atoms with van der Waals surface area (Å²) in [6.45, 7) is 7.79. The molecule has 0 unspecified atom stereocenters. The van der Waals surface area contributed by atoms with E-state index in [0.29, 0.717) is 41.4 Å². The van der Waals surface area contributed by atoms with E-state index in [-0.39, 0.29) is 0 Å². The first-order valence-electron chi connectivity index (χ1n) is 12.0. The SMILES string of the molecule is C=C/C=C(\N=C/N)c1cc(CNc2nc(Nc3cc(C4CC4)[nH]n3)cc(N3CCN(C)CC3)n2)on1. The first-order valence-corrected chi connectivity index (χ1v) is 12.0. The first-order chi connectivity index (χ1) is 17.6. The van der Waals surface area contributed by atoms with Gasteiger partial charge in [-0.05, 0) is 26.0 Å². The molecule has 0 aromatic carbocycles. The van der Waals surface area contributed by atoms with E-state index in [1.54, 1.807) is 18.2 Å².